The van der Waals surface area contributed by atoms with Gasteiger partial charge in [0.25, 0.3) is 5.91 Å². The number of carbonyl (C=O) groups is 1. The number of nitrogens with one attached hydrogen (secondary N) is 1. The van der Waals surface area contributed by atoms with Crippen molar-refractivity contribution in [1.82, 2.24) is 15.3 Å². The van der Waals surface area contributed by atoms with Crippen molar-refractivity contribution in [3.8, 4) is 11.5 Å². The van der Waals surface area contributed by atoms with Crippen molar-refractivity contribution in [2.24, 2.45) is 0 Å². The average Bonchev–Trinajstić information content (AvgIpc) is 3.06. The van der Waals surface area contributed by atoms with Gasteiger partial charge < -0.3 is 14.8 Å². The molecule has 0 saturated carbocycles. The Morgan fingerprint density at radius 1 is 1.24 bits per heavy atom. The second-order valence-electron chi connectivity index (χ2n) is 6.32. The standard InChI is InChI=1S/C18H21N3O3S/c1-11-12-4-2-3-5-13(12)21-15(20-11)6-7-19-18(22)17-16-14(10-25-17)23-8-9-24-16/h10H,2-9H2,1H3,(H,19,22). The summed E-state index contributed by atoms with van der Waals surface area (Å²) in [7, 11) is 0. The van der Waals surface area contributed by atoms with Crippen molar-refractivity contribution in [3.63, 3.8) is 0 Å². The van der Waals surface area contributed by atoms with E-state index in [-0.39, 0.29) is 5.91 Å². The van der Waals surface area contributed by atoms with Crippen LogP contribution in [0.5, 0.6) is 11.5 Å². The number of hydrogen-bond donors (Lipinski definition) is 1. The van der Waals surface area contributed by atoms with Gasteiger partial charge in [-0.05, 0) is 38.2 Å². The summed E-state index contributed by atoms with van der Waals surface area (Å²) in [5, 5.41) is 4.76. The normalized spacial score (nSPS) is 15.6. The monoisotopic (exact) mass is 359 g/mol. The summed E-state index contributed by atoms with van der Waals surface area (Å²) in [5.41, 5.74) is 3.60. The van der Waals surface area contributed by atoms with Crippen LogP contribution in [0.4, 0.5) is 0 Å². The maximum Gasteiger partial charge on any atom is 0.265 e. The van der Waals surface area contributed by atoms with Gasteiger partial charge in [0.2, 0.25) is 0 Å². The molecule has 0 atom stereocenters. The fourth-order valence-corrected chi connectivity index (χ4v) is 4.19. The molecule has 4 rings (SSSR count). The van der Waals surface area contributed by atoms with E-state index in [1.165, 1.54) is 35.4 Å². The van der Waals surface area contributed by atoms with Gasteiger partial charge in [-0.1, -0.05) is 0 Å². The highest BCUT2D eigenvalue weighted by atomic mass is 32.1. The van der Waals surface area contributed by atoms with Crippen LogP contribution in [0.15, 0.2) is 5.38 Å². The number of amides is 1. The van der Waals surface area contributed by atoms with Crippen LogP contribution in [0.3, 0.4) is 0 Å². The average molecular weight is 359 g/mol. The SMILES string of the molecule is Cc1nc(CCNC(=O)c2scc3c2OCCO3)nc2c1CCCC2. The fourth-order valence-electron chi connectivity index (χ4n) is 3.34. The van der Waals surface area contributed by atoms with E-state index in [0.717, 1.165) is 24.4 Å². The summed E-state index contributed by atoms with van der Waals surface area (Å²) < 4.78 is 11.0. The molecule has 6 nitrogen and oxygen atoms in total. The van der Waals surface area contributed by atoms with Crippen LogP contribution >= 0.6 is 11.3 Å². The van der Waals surface area contributed by atoms with Gasteiger partial charge in [0, 0.05) is 29.7 Å². The molecule has 0 saturated heterocycles. The smallest absolute Gasteiger partial charge is 0.265 e. The van der Waals surface area contributed by atoms with Crippen molar-refractivity contribution < 1.29 is 14.3 Å². The van der Waals surface area contributed by atoms with Gasteiger partial charge in [-0.3, -0.25) is 4.79 Å². The topological polar surface area (TPSA) is 73.3 Å². The highest BCUT2D eigenvalue weighted by molar-refractivity contribution is 7.12. The molecule has 25 heavy (non-hydrogen) atoms. The van der Waals surface area contributed by atoms with Gasteiger partial charge in [0.15, 0.2) is 11.5 Å². The molecule has 0 radical (unpaired) electrons. The first-order chi connectivity index (χ1) is 12.2. The van der Waals surface area contributed by atoms with E-state index in [1.54, 1.807) is 0 Å². The number of aryl methyl sites for hydroxylation is 2. The zero-order valence-electron chi connectivity index (χ0n) is 14.3. The first kappa shape index (κ1) is 16.3. The van der Waals surface area contributed by atoms with Crippen LogP contribution in [0.2, 0.25) is 0 Å². The largest absolute Gasteiger partial charge is 0.485 e. The first-order valence-electron chi connectivity index (χ1n) is 8.73. The van der Waals surface area contributed by atoms with E-state index < -0.39 is 0 Å². The van der Waals surface area contributed by atoms with Crippen molar-refractivity contribution in [2.75, 3.05) is 19.8 Å². The Bertz CT molecular complexity index is 803. The molecule has 1 N–H and O–H groups in total. The number of aromatic nitrogens is 2. The third kappa shape index (κ3) is 3.33. The van der Waals surface area contributed by atoms with Gasteiger partial charge in [0.05, 0.1) is 0 Å². The maximum absolute atomic E-state index is 12.4. The molecule has 2 aromatic rings. The maximum atomic E-state index is 12.4. The molecule has 2 aliphatic rings. The predicted molar refractivity (Wildman–Crippen MR) is 94.8 cm³/mol. The molecular weight excluding hydrogens is 338 g/mol. The van der Waals surface area contributed by atoms with Gasteiger partial charge in [-0.25, -0.2) is 9.97 Å². The van der Waals surface area contributed by atoms with Gasteiger partial charge in [0.1, 0.15) is 23.9 Å². The number of thiophene rings is 1. The highest BCUT2D eigenvalue weighted by Crippen LogP contribution is 2.39. The third-order valence-corrected chi connectivity index (χ3v) is 5.52. The summed E-state index contributed by atoms with van der Waals surface area (Å²) in [6.07, 6.45) is 5.18. The Hall–Kier alpha value is -2.15. The zero-order valence-corrected chi connectivity index (χ0v) is 15.1. The minimum absolute atomic E-state index is 0.133. The fraction of sp³-hybridized carbons (Fsp3) is 0.500. The summed E-state index contributed by atoms with van der Waals surface area (Å²) in [6.45, 7) is 3.57. The van der Waals surface area contributed by atoms with Crippen LogP contribution in [0.1, 0.15) is 45.3 Å². The number of ether oxygens (including phenoxy) is 2. The Kier molecular flexibility index (Phi) is 4.57. The second kappa shape index (κ2) is 7.00. The zero-order chi connectivity index (χ0) is 17.2. The lowest BCUT2D eigenvalue weighted by atomic mass is 9.95. The Labute approximate surface area is 150 Å². The molecule has 1 aliphatic heterocycles. The number of rotatable bonds is 4. The molecule has 132 valence electrons. The molecule has 1 amide bonds. The molecule has 3 heterocycles. The summed E-state index contributed by atoms with van der Waals surface area (Å²) in [5.74, 6) is 1.90. The Morgan fingerprint density at radius 2 is 2.08 bits per heavy atom. The van der Waals surface area contributed by atoms with E-state index >= 15 is 0 Å². The summed E-state index contributed by atoms with van der Waals surface area (Å²) in [4.78, 5) is 22.3. The number of nitrogens with zero attached hydrogens (tertiary/aromatic N) is 2. The minimum atomic E-state index is -0.133. The van der Waals surface area contributed by atoms with E-state index in [2.05, 4.69) is 17.2 Å². The van der Waals surface area contributed by atoms with Crippen LogP contribution in [-0.4, -0.2) is 35.6 Å². The number of carbonyl (C=O) groups excluding carboxylic acids is 1. The number of fused-ring (bicyclic) bond motifs is 2. The predicted octanol–water partition coefficient (Wildman–Crippen LogP) is 2.47. The second-order valence-corrected chi connectivity index (χ2v) is 7.20. The first-order valence-corrected chi connectivity index (χ1v) is 9.61. The third-order valence-electron chi connectivity index (χ3n) is 4.58. The van der Waals surface area contributed by atoms with Crippen LogP contribution in [-0.2, 0) is 19.3 Å². The molecular formula is C18H21N3O3S. The van der Waals surface area contributed by atoms with Crippen molar-refractivity contribution in [3.05, 3.63) is 33.0 Å². The molecule has 0 aromatic carbocycles. The molecule has 0 bridgehead atoms. The van der Waals surface area contributed by atoms with Crippen molar-refractivity contribution in [2.45, 2.75) is 39.0 Å². The summed E-state index contributed by atoms with van der Waals surface area (Å²) >= 11 is 1.35. The minimum Gasteiger partial charge on any atom is -0.485 e. The lowest BCUT2D eigenvalue weighted by Crippen LogP contribution is -2.27. The Morgan fingerprint density at radius 3 is 3.00 bits per heavy atom. The van der Waals surface area contributed by atoms with Crippen molar-refractivity contribution in [1.29, 1.82) is 0 Å². The van der Waals surface area contributed by atoms with Gasteiger partial charge >= 0.3 is 0 Å². The Balaban J connectivity index is 1.38. The lowest BCUT2D eigenvalue weighted by molar-refractivity contribution is 0.0949. The molecule has 7 heteroatoms. The number of hydrogen-bond acceptors (Lipinski definition) is 6. The highest BCUT2D eigenvalue weighted by Gasteiger charge is 2.23. The van der Waals surface area contributed by atoms with E-state index in [9.17, 15) is 4.79 Å². The van der Waals surface area contributed by atoms with E-state index in [0.29, 0.717) is 42.6 Å². The van der Waals surface area contributed by atoms with Gasteiger partial charge in [-0.15, -0.1) is 11.3 Å². The molecule has 2 aromatic heterocycles. The molecule has 1 aliphatic carbocycles. The van der Waals surface area contributed by atoms with E-state index in [4.69, 9.17) is 14.5 Å². The van der Waals surface area contributed by atoms with Gasteiger partial charge in [-0.2, -0.15) is 0 Å². The van der Waals surface area contributed by atoms with Crippen LogP contribution in [0, 0.1) is 6.92 Å². The van der Waals surface area contributed by atoms with E-state index in [1.807, 2.05) is 5.38 Å². The molecule has 0 fully saturated rings. The molecule has 0 unspecified atom stereocenters. The van der Waals surface area contributed by atoms with Crippen LogP contribution in [0.25, 0.3) is 0 Å². The molecule has 0 spiro atoms. The lowest BCUT2D eigenvalue weighted by Gasteiger charge is -2.17. The van der Waals surface area contributed by atoms with Crippen LogP contribution < -0.4 is 14.8 Å². The van der Waals surface area contributed by atoms with Crippen molar-refractivity contribution >= 4 is 17.2 Å². The summed E-state index contributed by atoms with van der Waals surface area (Å²) in [6, 6.07) is 0. The quantitative estimate of drug-likeness (QED) is 0.908.